The highest BCUT2D eigenvalue weighted by Gasteiger charge is 2.42. The second-order valence-electron chi connectivity index (χ2n) is 5.92. The topological polar surface area (TPSA) is 81.8 Å². The quantitative estimate of drug-likeness (QED) is 0.707. The zero-order valence-electron chi connectivity index (χ0n) is 13.5. The van der Waals surface area contributed by atoms with Gasteiger partial charge in [0.15, 0.2) is 0 Å². The van der Waals surface area contributed by atoms with E-state index in [4.69, 9.17) is 0 Å². The molecule has 1 unspecified atom stereocenters. The highest BCUT2D eigenvalue weighted by Crippen LogP contribution is 2.24. The standard InChI is InChI=1S/C14H22F2N4O3.ClH/c1-10(21)19-4-6-20(7-5-19)12(22)2-3-17-13(23)11-8-14(15,16)9-18-11;/h11,18H,2-9H2,1H3,(H,17,23);1H. The fourth-order valence-electron chi connectivity index (χ4n) is 2.75. The number of amides is 3. The van der Waals surface area contributed by atoms with Crippen LogP contribution in [0.5, 0.6) is 0 Å². The first-order valence-electron chi connectivity index (χ1n) is 7.71. The second-order valence-corrected chi connectivity index (χ2v) is 5.92. The second kappa shape index (κ2) is 8.57. The van der Waals surface area contributed by atoms with Crippen LogP contribution in [0.25, 0.3) is 0 Å². The van der Waals surface area contributed by atoms with Gasteiger partial charge in [-0.1, -0.05) is 0 Å². The lowest BCUT2D eigenvalue weighted by atomic mass is 10.2. The number of carbonyl (C=O) groups excluding carboxylic acids is 3. The lowest BCUT2D eigenvalue weighted by molar-refractivity contribution is -0.138. The molecule has 0 aromatic carbocycles. The van der Waals surface area contributed by atoms with Crippen LogP contribution < -0.4 is 10.6 Å². The van der Waals surface area contributed by atoms with Crippen molar-refractivity contribution in [3.05, 3.63) is 0 Å². The van der Waals surface area contributed by atoms with Crippen molar-refractivity contribution < 1.29 is 23.2 Å². The van der Waals surface area contributed by atoms with E-state index in [2.05, 4.69) is 10.6 Å². The summed E-state index contributed by atoms with van der Waals surface area (Å²) in [4.78, 5) is 38.3. The number of nitrogens with zero attached hydrogens (tertiary/aromatic N) is 2. The molecule has 2 aliphatic rings. The Morgan fingerprint density at radius 1 is 1.17 bits per heavy atom. The lowest BCUT2D eigenvalue weighted by Crippen LogP contribution is -2.50. The van der Waals surface area contributed by atoms with Gasteiger partial charge in [-0.05, 0) is 0 Å². The van der Waals surface area contributed by atoms with Gasteiger partial charge in [0.25, 0.3) is 5.92 Å². The maximum absolute atomic E-state index is 13.0. The predicted octanol–water partition coefficient (Wildman–Crippen LogP) is -0.398. The third kappa shape index (κ3) is 5.55. The minimum atomic E-state index is -2.85. The van der Waals surface area contributed by atoms with Gasteiger partial charge in [-0.2, -0.15) is 0 Å². The molecule has 10 heteroatoms. The Morgan fingerprint density at radius 3 is 2.25 bits per heavy atom. The molecule has 2 rings (SSSR count). The summed E-state index contributed by atoms with van der Waals surface area (Å²) in [5.74, 6) is -3.48. The van der Waals surface area contributed by atoms with Gasteiger partial charge >= 0.3 is 0 Å². The van der Waals surface area contributed by atoms with Crippen LogP contribution in [0.2, 0.25) is 0 Å². The number of piperazine rings is 1. The van der Waals surface area contributed by atoms with Gasteiger partial charge < -0.3 is 15.1 Å². The van der Waals surface area contributed by atoms with Gasteiger partial charge in [0.2, 0.25) is 17.7 Å². The van der Waals surface area contributed by atoms with E-state index in [9.17, 15) is 23.2 Å². The Balaban J connectivity index is 0.00000288. The number of carbonyl (C=O) groups is 3. The summed E-state index contributed by atoms with van der Waals surface area (Å²) in [7, 11) is 0. The summed E-state index contributed by atoms with van der Waals surface area (Å²) < 4.78 is 26.0. The Labute approximate surface area is 145 Å². The van der Waals surface area contributed by atoms with E-state index in [1.54, 1.807) is 9.80 Å². The highest BCUT2D eigenvalue weighted by molar-refractivity contribution is 5.85. The molecule has 2 aliphatic heterocycles. The van der Waals surface area contributed by atoms with Crippen LogP contribution in [0.1, 0.15) is 19.8 Å². The van der Waals surface area contributed by atoms with Gasteiger partial charge in [-0.15, -0.1) is 12.4 Å². The fraction of sp³-hybridized carbons (Fsp3) is 0.786. The molecular formula is C14H23ClF2N4O3. The van der Waals surface area contributed by atoms with Crippen LogP contribution in [-0.4, -0.2) is 78.8 Å². The van der Waals surface area contributed by atoms with Crippen molar-refractivity contribution in [2.24, 2.45) is 0 Å². The van der Waals surface area contributed by atoms with E-state index in [-0.39, 0.29) is 37.2 Å². The normalized spacial score (nSPS) is 22.7. The van der Waals surface area contributed by atoms with E-state index in [0.29, 0.717) is 26.2 Å². The number of hydrogen-bond donors (Lipinski definition) is 2. The molecule has 0 spiro atoms. The Kier molecular flexibility index (Phi) is 7.34. The lowest BCUT2D eigenvalue weighted by Gasteiger charge is -2.34. The molecule has 138 valence electrons. The predicted molar refractivity (Wildman–Crippen MR) is 85.1 cm³/mol. The molecule has 24 heavy (non-hydrogen) atoms. The summed E-state index contributed by atoms with van der Waals surface area (Å²) in [6.07, 6.45) is -0.394. The van der Waals surface area contributed by atoms with Gasteiger partial charge in [-0.25, -0.2) is 8.78 Å². The van der Waals surface area contributed by atoms with Crippen molar-refractivity contribution >= 4 is 30.1 Å². The van der Waals surface area contributed by atoms with Crippen molar-refractivity contribution in [3.63, 3.8) is 0 Å². The number of halogens is 3. The molecule has 0 radical (unpaired) electrons. The number of nitrogens with one attached hydrogen (secondary N) is 2. The monoisotopic (exact) mass is 368 g/mol. The average Bonchev–Trinajstić information content (AvgIpc) is 2.87. The van der Waals surface area contributed by atoms with Crippen molar-refractivity contribution in [3.8, 4) is 0 Å². The van der Waals surface area contributed by atoms with Crippen molar-refractivity contribution in [1.29, 1.82) is 0 Å². The van der Waals surface area contributed by atoms with Crippen LogP contribution in [-0.2, 0) is 14.4 Å². The third-order valence-electron chi connectivity index (χ3n) is 4.14. The maximum Gasteiger partial charge on any atom is 0.262 e. The molecule has 2 N–H and O–H groups in total. The van der Waals surface area contributed by atoms with E-state index in [1.807, 2.05) is 0 Å². The number of hydrogen-bond acceptors (Lipinski definition) is 4. The molecule has 3 amide bonds. The first kappa shape index (κ1) is 20.6. The number of rotatable bonds is 4. The first-order valence-corrected chi connectivity index (χ1v) is 7.71. The zero-order chi connectivity index (χ0) is 17.0. The third-order valence-corrected chi connectivity index (χ3v) is 4.14. The molecule has 0 bridgehead atoms. The minimum absolute atomic E-state index is 0. The van der Waals surface area contributed by atoms with Gasteiger partial charge in [0, 0.05) is 52.5 Å². The van der Waals surface area contributed by atoms with Crippen LogP contribution in [0.3, 0.4) is 0 Å². The molecule has 2 heterocycles. The summed E-state index contributed by atoms with van der Waals surface area (Å²) in [5.41, 5.74) is 0. The van der Waals surface area contributed by atoms with Crippen molar-refractivity contribution in [2.45, 2.75) is 31.7 Å². The Bertz CT molecular complexity index is 485. The molecule has 2 saturated heterocycles. The summed E-state index contributed by atoms with van der Waals surface area (Å²) in [6, 6.07) is -0.904. The summed E-state index contributed by atoms with van der Waals surface area (Å²) >= 11 is 0. The average molecular weight is 369 g/mol. The first-order chi connectivity index (χ1) is 10.8. The Hall–Kier alpha value is -1.48. The Morgan fingerprint density at radius 2 is 1.75 bits per heavy atom. The molecule has 0 aromatic rings. The van der Waals surface area contributed by atoms with Gasteiger partial charge in [-0.3, -0.25) is 19.7 Å². The van der Waals surface area contributed by atoms with Crippen molar-refractivity contribution in [1.82, 2.24) is 20.4 Å². The van der Waals surface area contributed by atoms with Gasteiger partial charge in [0.1, 0.15) is 0 Å². The van der Waals surface area contributed by atoms with Gasteiger partial charge in [0.05, 0.1) is 12.6 Å². The fourth-order valence-corrected chi connectivity index (χ4v) is 2.75. The largest absolute Gasteiger partial charge is 0.354 e. The maximum atomic E-state index is 13.0. The molecule has 7 nitrogen and oxygen atoms in total. The molecular weight excluding hydrogens is 346 g/mol. The summed E-state index contributed by atoms with van der Waals surface area (Å²) in [6.45, 7) is 3.08. The van der Waals surface area contributed by atoms with Crippen LogP contribution in [0, 0.1) is 0 Å². The van der Waals surface area contributed by atoms with E-state index >= 15 is 0 Å². The summed E-state index contributed by atoms with van der Waals surface area (Å²) in [5, 5.41) is 4.98. The van der Waals surface area contributed by atoms with E-state index in [0.717, 1.165) is 0 Å². The van der Waals surface area contributed by atoms with Crippen LogP contribution in [0.4, 0.5) is 8.78 Å². The number of alkyl halides is 2. The highest BCUT2D eigenvalue weighted by atomic mass is 35.5. The van der Waals surface area contributed by atoms with Crippen LogP contribution in [0.15, 0.2) is 0 Å². The minimum Gasteiger partial charge on any atom is -0.354 e. The SMILES string of the molecule is CC(=O)N1CCN(C(=O)CCNC(=O)C2CC(F)(F)CN2)CC1.Cl. The van der Waals surface area contributed by atoms with E-state index in [1.165, 1.54) is 6.92 Å². The smallest absolute Gasteiger partial charge is 0.262 e. The zero-order valence-corrected chi connectivity index (χ0v) is 14.3. The van der Waals surface area contributed by atoms with Crippen molar-refractivity contribution in [2.75, 3.05) is 39.3 Å². The molecule has 2 fully saturated rings. The molecule has 0 aliphatic carbocycles. The van der Waals surface area contributed by atoms with Crippen LogP contribution >= 0.6 is 12.4 Å². The molecule has 1 atom stereocenters. The molecule has 0 saturated carbocycles. The van der Waals surface area contributed by atoms with E-state index < -0.39 is 30.8 Å². The molecule has 0 aromatic heterocycles.